The average Bonchev–Trinajstić information content (AvgIpc) is 2.35. The van der Waals surface area contributed by atoms with Crippen molar-refractivity contribution < 1.29 is 4.79 Å². The highest BCUT2D eigenvalue weighted by Gasteiger charge is 2.08. The maximum Gasteiger partial charge on any atom is 0.248 e. The van der Waals surface area contributed by atoms with Crippen molar-refractivity contribution in [2.24, 2.45) is 5.73 Å². The number of amides is 1. The molecule has 1 aromatic carbocycles. The number of terminal acetylenes is 1. The Morgan fingerprint density at radius 1 is 1.61 bits per heavy atom. The Balaban J connectivity index is 2.68. The highest BCUT2D eigenvalue weighted by Crippen LogP contribution is 2.18. The molecule has 1 amide bonds. The fourth-order valence-electron chi connectivity index (χ4n) is 1.60. The van der Waals surface area contributed by atoms with Crippen LogP contribution in [0.5, 0.6) is 0 Å². The molecular formula is C14H17ClN2O. The van der Waals surface area contributed by atoms with Crippen LogP contribution in [0, 0.1) is 12.3 Å². The van der Waals surface area contributed by atoms with E-state index in [1.165, 1.54) is 0 Å². The van der Waals surface area contributed by atoms with Crippen LogP contribution in [0.4, 0.5) is 0 Å². The second kappa shape index (κ2) is 7.05. The summed E-state index contributed by atoms with van der Waals surface area (Å²) < 4.78 is 0. The zero-order valence-electron chi connectivity index (χ0n) is 10.4. The highest BCUT2D eigenvalue weighted by atomic mass is 35.5. The first-order chi connectivity index (χ1) is 8.58. The van der Waals surface area contributed by atoms with Gasteiger partial charge in [-0.1, -0.05) is 24.6 Å². The number of hydrogen-bond donors (Lipinski definition) is 2. The fourth-order valence-corrected chi connectivity index (χ4v) is 1.85. The van der Waals surface area contributed by atoms with Gasteiger partial charge in [0.15, 0.2) is 0 Å². The van der Waals surface area contributed by atoms with E-state index in [9.17, 15) is 4.79 Å². The molecule has 0 spiro atoms. The minimum absolute atomic E-state index is 0.280. The third kappa shape index (κ3) is 4.06. The summed E-state index contributed by atoms with van der Waals surface area (Å²) in [5.74, 6) is 2.16. The van der Waals surface area contributed by atoms with Crippen LogP contribution in [0.25, 0.3) is 0 Å². The third-order valence-corrected chi connectivity index (χ3v) is 3.13. The van der Waals surface area contributed by atoms with Gasteiger partial charge in [-0.3, -0.25) is 4.79 Å². The lowest BCUT2D eigenvalue weighted by atomic mass is 10.1. The van der Waals surface area contributed by atoms with E-state index in [0.717, 1.165) is 12.0 Å². The van der Waals surface area contributed by atoms with Crippen molar-refractivity contribution in [3.63, 3.8) is 0 Å². The van der Waals surface area contributed by atoms with Gasteiger partial charge in [0.25, 0.3) is 0 Å². The van der Waals surface area contributed by atoms with Gasteiger partial charge in [-0.25, -0.2) is 0 Å². The number of benzene rings is 1. The normalized spacial score (nSPS) is 11.8. The Morgan fingerprint density at radius 3 is 2.83 bits per heavy atom. The summed E-state index contributed by atoms with van der Waals surface area (Å²) >= 11 is 6.09. The van der Waals surface area contributed by atoms with Crippen LogP contribution < -0.4 is 11.1 Å². The van der Waals surface area contributed by atoms with E-state index < -0.39 is 5.91 Å². The standard InChI is InChI=1S/C14H17ClN2O/c1-3-5-12(4-2)17-9-11-7-6-10(14(16)18)8-13(11)15/h1,6-8,12,17H,4-5,9H2,2H3,(H2,16,18). The van der Waals surface area contributed by atoms with Crippen LogP contribution in [0.1, 0.15) is 35.7 Å². The molecule has 4 heteroatoms. The molecule has 0 bridgehead atoms. The molecule has 3 N–H and O–H groups in total. The van der Waals surface area contributed by atoms with Gasteiger partial charge in [-0.05, 0) is 24.1 Å². The summed E-state index contributed by atoms with van der Waals surface area (Å²) in [5, 5.41) is 3.87. The van der Waals surface area contributed by atoms with Crippen LogP contribution in [-0.2, 0) is 6.54 Å². The Kier molecular flexibility index (Phi) is 5.70. The van der Waals surface area contributed by atoms with Crippen LogP contribution >= 0.6 is 11.6 Å². The molecular weight excluding hydrogens is 248 g/mol. The number of primary amides is 1. The first-order valence-corrected chi connectivity index (χ1v) is 6.21. The van der Waals surface area contributed by atoms with Crippen molar-refractivity contribution in [3.8, 4) is 12.3 Å². The monoisotopic (exact) mass is 264 g/mol. The first kappa shape index (κ1) is 14.6. The number of halogens is 1. The molecule has 0 heterocycles. The van der Waals surface area contributed by atoms with Crippen LogP contribution in [-0.4, -0.2) is 11.9 Å². The van der Waals surface area contributed by atoms with E-state index in [2.05, 4.69) is 18.2 Å². The summed E-state index contributed by atoms with van der Waals surface area (Å²) in [5.41, 5.74) is 6.52. The molecule has 0 saturated heterocycles. The lowest BCUT2D eigenvalue weighted by Gasteiger charge is -2.15. The average molecular weight is 265 g/mol. The molecule has 96 valence electrons. The second-order valence-electron chi connectivity index (χ2n) is 4.06. The van der Waals surface area contributed by atoms with Crippen molar-refractivity contribution in [1.29, 1.82) is 0 Å². The van der Waals surface area contributed by atoms with Gasteiger partial charge in [0.05, 0.1) is 0 Å². The number of rotatable bonds is 6. The van der Waals surface area contributed by atoms with Gasteiger partial charge in [0.1, 0.15) is 0 Å². The molecule has 0 saturated carbocycles. The molecule has 1 atom stereocenters. The van der Waals surface area contributed by atoms with Gasteiger partial charge in [-0.2, -0.15) is 0 Å². The molecule has 1 aromatic rings. The van der Waals surface area contributed by atoms with E-state index in [0.29, 0.717) is 23.6 Å². The summed E-state index contributed by atoms with van der Waals surface area (Å²) in [4.78, 5) is 11.0. The summed E-state index contributed by atoms with van der Waals surface area (Å²) in [6.45, 7) is 2.70. The molecule has 0 aliphatic rings. The molecule has 0 aromatic heterocycles. The van der Waals surface area contributed by atoms with Crippen LogP contribution in [0.15, 0.2) is 18.2 Å². The van der Waals surface area contributed by atoms with Crippen molar-refractivity contribution in [2.75, 3.05) is 0 Å². The van der Waals surface area contributed by atoms with Crippen LogP contribution in [0.2, 0.25) is 5.02 Å². The number of carbonyl (C=O) groups excluding carboxylic acids is 1. The maximum absolute atomic E-state index is 11.0. The SMILES string of the molecule is C#CCC(CC)NCc1ccc(C(N)=O)cc1Cl. The van der Waals surface area contributed by atoms with Gasteiger partial charge >= 0.3 is 0 Å². The summed E-state index contributed by atoms with van der Waals surface area (Å²) in [6.07, 6.45) is 6.94. The largest absolute Gasteiger partial charge is 0.366 e. The van der Waals surface area contributed by atoms with Crippen molar-refractivity contribution >= 4 is 17.5 Å². The summed E-state index contributed by atoms with van der Waals surface area (Å²) in [6, 6.07) is 5.34. The lowest BCUT2D eigenvalue weighted by Crippen LogP contribution is -2.27. The Bertz CT molecular complexity index is 465. The number of nitrogens with two attached hydrogens (primary N) is 1. The minimum atomic E-state index is -0.477. The van der Waals surface area contributed by atoms with E-state index in [1.54, 1.807) is 18.2 Å². The van der Waals surface area contributed by atoms with E-state index >= 15 is 0 Å². The van der Waals surface area contributed by atoms with Gasteiger partial charge in [-0.15, -0.1) is 12.3 Å². The molecule has 0 radical (unpaired) electrons. The van der Waals surface area contributed by atoms with Crippen molar-refractivity contribution in [2.45, 2.75) is 32.4 Å². The Hall–Kier alpha value is -1.50. The summed E-state index contributed by atoms with van der Waals surface area (Å²) in [7, 11) is 0. The molecule has 1 unspecified atom stereocenters. The topological polar surface area (TPSA) is 55.1 Å². The number of nitrogens with one attached hydrogen (secondary N) is 1. The van der Waals surface area contributed by atoms with E-state index in [-0.39, 0.29) is 6.04 Å². The minimum Gasteiger partial charge on any atom is -0.366 e. The molecule has 0 aliphatic heterocycles. The van der Waals surface area contributed by atoms with Gasteiger partial charge in [0, 0.05) is 29.6 Å². The second-order valence-corrected chi connectivity index (χ2v) is 4.47. The molecule has 3 nitrogen and oxygen atoms in total. The smallest absolute Gasteiger partial charge is 0.248 e. The molecule has 0 fully saturated rings. The highest BCUT2D eigenvalue weighted by molar-refractivity contribution is 6.31. The third-order valence-electron chi connectivity index (χ3n) is 2.78. The zero-order valence-corrected chi connectivity index (χ0v) is 11.1. The Morgan fingerprint density at radius 2 is 2.33 bits per heavy atom. The zero-order chi connectivity index (χ0) is 13.5. The first-order valence-electron chi connectivity index (χ1n) is 5.83. The van der Waals surface area contributed by atoms with E-state index in [1.807, 2.05) is 0 Å². The number of carbonyl (C=O) groups is 1. The lowest BCUT2D eigenvalue weighted by molar-refractivity contribution is 0.100. The van der Waals surface area contributed by atoms with Crippen molar-refractivity contribution in [1.82, 2.24) is 5.32 Å². The number of hydrogen-bond acceptors (Lipinski definition) is 2. The predicted molar refractivity (Wildman–Crippen MR) is 74.3 cm³/mol. The molecule has 1 rings (SSSR count). The van der Waals surface area contributed by atoms with E-state index in [4.69, 9.17) is 23.8 Å². The van der Waals surface area contributed by atoms with Crippen LogP contribution in [0.3, 0.4) is 0 Å². The predicted octanol–water partition coefficient (Wildman–Crippen LogP) is 2.33. The molecule has 18 heavy (non-hydrogen) atoms. The maximum atomic E-state index is 11.0. The van der Waals surface area contributed by atoms with Crippen molar-refractivity contribution in [3.05, 3.63) is 34.3 Å². The quantitative estimate of drug-likeness (QED) is 0.775. The Labute approximate surface area is 113 Å². The van der Waals surface area contributed by atoms with Gasteiger partial charge < -0.3 is 11.1 Å². The molecule has 0 aliphatic carbocycles. The fraction of sp³-hybridized carbons (Fsp3) is 0.357. The van der Waals surface area contributed by atoms with Gasteiger partial charge in [0.2, 0.25) is 5.91 Å².